The highest BCUT2D eigenvalue weighted by molar-refractivity contribution is 7.80. The average molecular weight is 100 g/mol. The summed E-state index contributed by atoms with van der Waals surface area (Å²) >= 11 is 4.32. The molecule has 0 aliphatic heterocycles. The van der Waals surface area contributed by atoms with Crippen LogP contribution in [0.4, 0.5) is 0 Å². The Morgan fingerprint density at radius 1 is 2.00 bits per heavy atom. The molecule has 0 saturated heterocycles. The molecule has 0 rings (SSSR count). The molecule has 6 heavy (non-hydrogen) atoms. The van der Waals surface area contributed by atoms with Crippen LogP contribution < -0.4 is 11.1 Å². The van der Waals surface area contributed by atoms with Gasteiger partial charge in [0, 0.05) is 6.04 Å². The summed E-state index contributed by atoms with van der Waals surface area (Å²) in [6.07, 6.45) is 4.70. The monoisotopic (exact) mass is 100 g/mol. The number of thiocarbonyl (C=S) groups is 1. The van der Waals surface area contributed by atoms with Crippen molar-refractivity contribution >= 4 is 17.3 Å². The standard InChI is InChI=1S/C3H4N2S/c1-2-5-3(4)6/h1H,(H3,4,5,6). The minimum atomic E-state index is 0.137. The predicted octanol–water partition coefficient (Wildman–Crippen LogP) is -0.590. The fourth-order valence-electron chi connectivity index (χ4n) is 0.0711. The molecule has 0 unspecified atom stereocenters. The van der Waals surface area contributed by atoms with Crippen LogP contribution in [0.1, 0.15) is 0 Å². The summed E-state index contributed by atoms with van der Waals surface area (Å²) < 4.78 is 0. The Morgan fingerprint density at radius 3 is 2.50 bits per heavy atom. The van der Waals surface area contributed by atoms with Gasteiger partial charge in [0.05, 0.1) is 0 Å². The van der Waals surface area contributed by atoms with E-state index in [9.17, 15) is 0 Å². The van der Waals surface area contributed by atoms with Crippen LogP contribution in [-0.4, -0.2) is 5.11 Å². The molecule has 0 fully saturated rings. The lowest BCUT2D eigenvalue weighted by atomic mass is 11.0. The van der Waals surface area contributed by atoms with Crippen LogP contribution in [0.15, 0.2) is 0 Å². The lowest BCUT2D eigenvalue weighted by Gasteiger charge is -1.84. The van der Waals surface area contributed by atoms with E-state index in [1.165, 1.54) is 0 Å². The van der Waals surface area contributed by atoms with Gasteiger partial charge >= 0.3 is 0 Å². The molecule has 0 amide bonds. The molecule has 0 spiro atoms. The first-order valence-electron chi connectivity index (χ1n) is 1.28. The van der Waals surface area contributed by atoms with E-state index >= 15 is 0 Å². The zero-order valence-corrected chi connectivity index (χ0v) is 3.88. The summed E-state index contributed by atoms with van der Waals surface area (Å²) in [5.74, 6) is 0. The molecule has 0 aliphatic carbocycles. The molecule has 0 aromatic heterocycles. The van der Waals surface area contributed by atoms with Gasteiger partial charge in [0.1, 0.15) is 0 Å². The van der Waals surface area contributed by atoms with Crippen LogP contribution in [0, 0.1) is 12.5 Å². The van der Waals surface area contributed by atoms with Crippen LogP contribution in [0.25, 0.3) is 0 Å². The second-order valence-electron chi connectivity index (χ2n) is 0.634. The molecule has 0 aromatic carbocycles. The lowest BCUT2D eigenvalue weighted by molar-refractivity contribution is 1.35. The molecule has 3 heteroatoms. The van der Waals surface area contributed by atoms with E-state index in [4.69, 9.17) is 12.2 Å². The molecular formula is C3H4N2S. The minimum Gasteiger partial charge on any atom is -0.376 e. The Balaban J connectivity index is 3.13. The van der Waals surface area contributed by atoms with Gasteiger partial charge in [0.25, 0.3) is 0 Å². The number of nitrogens with two attached hydrogens (primary N) is 1. The van der Waals surface area contributed by atoms with E-state index in [2.05, 4.69) is 23.6 Å². The zero-order valence-electron chi connectivity index (χ0n) is 3.06. The molecule has 0 bridgehead atoms. The van der Waals surface area contributed by atoms with Gasteiger partial charge in [-0.05, 0) is 12.2 Å². The van der Waals surface area contributed by atoms with Gasteiger partial charge in [0.2, 0.25) is 0 Å². The van der Waals surface area contributed by atoms with Crippen molar-refractivity contribution in [3.63, 3.8) is 0 Å². The Hall–Kier alpha value is -0.750. The van der Waals surface area contributed by atoms with Crippen molar-refractivity contribution in [1.29, 1.82) is 0 Å². The van der Waals surface area contributed by atoms with E-state index in [0.717, 1.165) is 0 Å². The molecule has 32 valence electrons. The summed E-state index contributed by atoms with van der Waals surface area (Å²) in [6, 6.07) is 2.05. The van der Waals surface area contributed by atoms with Crippen molar-refractivity contribution in [2.24, 2.45) is 5.73 Å². The highest BCUT2D eigenvalue weighted by Crippen LogP contribution is 1.47. The quantitative estimate of drug-likeness (QED) is 0.243. The normalized spacial score (nSPS) is 5.83. The van der Waals surface area contributed by atoms with E-state index in [0.29, 0.717) is 0 Å². The predicted molar refractivity (Wildman–Crippen MR) is 28.8 cm³/mol. The number of nitrogens with one attached hydrogen (secondary N) is 1. The smallest absolute Gasteiger partial charge is 0.175 e. The topological polar surface area (TPSA) is 38.0 Å². The van der Waals surface area contributed by atoms with Crippen LogP contribution in [-0.2, 0) is 0 Å². The first-order valence-corrected chi connectivity index (χ1v) is 1.69. The third kappa shape index (κ3) is 3.25. The number of terminal acetylenes is 1. The third-order valence-electron chi connectivity index (χ3n) is 0.195. The largest absolute Gasteiger partial charge is 0.376 e. The van der Waals surface area contributed by atoms with Crippen LogP contribution in [0.2, 0.25) is 0 Å². The van der Waals surface area contributed by atoms with Crippen molar-refractivity contribution in [2.45, 2.75) is 0 Å². The van der Waals surface area contributed by atoms with Gasteiger partial charge < -0.3 is 5.73 Å². The van der Waals surface area contributed by atoms with Gasteiger partial charge in [-0.15, -0.1) is 0 Å². The molecule has 0 atom stereocenters. The molecule has 0 aromatic rings. The first kappa shape index (κ1) is 5.25. The maximum Gasteiger partial charge on any atom is 0.175 e. The van der Waals surface area contributed by atoms with Gasteiger partial charge in [-0.1, -0.05) is 6.42 Å². The summed E-state index contributed by atoms with van der Waals surface area (Å²) in [7, 11) is 0. The van der Waals surface area contributed by atoms with Crippen molar-refractivity contribution in [3.05, 3.63) is 0 Å². The van der Waals surface area contributed by atoms with E-state index in [1.807, 2.05) is 0 Å². The molecule has 2 nitrogen and oxygen atoms in total. The van der Waals surface area contributed by atoms with E-state index in [-0.39, 0.29) is 5.11 Å². The highest BCUT2D eigenvalue weighted by Gasteiger charge is 1.70. The second-order valence-corrected chi connectivity index (χ2v) is 1.07. The van der Waals surface area contributed by atoms with Crippen LogP contribution >= 0.6 is 12.2 Å². The zero-order chi connectivity index (χ0) is 4.99. The van der Waals surface area contributed by atoms with Crippen molar-refractivity contribution in [2.75, 3.05) is 0 Å². The maximum atomic E-state index is 4.88. The molecule has 0 saturated carbocycles. The Labute approximate surface area is 41.7 Å². The van der Waals surface area contributed by atoms with Crippen LogP contribution in [0.5, 0.6) is 0 Å². The molecule has 0 radical (unpaired) electrons. The second kappa shape index (κ2) is 2.49. The van der Waals surface area contributed by atoms with Crippen molar-refractivity contribution < 1.29 is 0 Å². The highest BCUT2D eigenvalue weighted by atomic mass is 32.1. The van der Waals surface area contributed by atoms with Crippen molar-refractivity contribution in [1.82, 2.24) is 5.32 Å². The summed E-state index contributed by atoms with van der Waals surface area (Å²) in [5.41, 5.74) is 4.88. The maximum absolute atomic E-state index is 4.88. The average Bonchev–Trinajstić information content (AvgIpc) is 1.35. The SMILES string of the molecule is C#CNC(N)=S. The van der Waals surface area contributed by atoms with Gasteiger partial charge in [-0.3, -0.25) is 5.32 Å². The van der Waals surface area contributed by atoms with Crippen molar-refractivity contribution in [3.8, 4) is 12.5 Å². The summed E-state index contributed by atoms with van der Waals surface area (Å²) in [6.45, 7) is 0. The van der Waals surface area contributed by atoms with Gasteiger partial charge in [0.15, 0.2) is 5.11 Å². The molecule has 3 N–H and O–H groups in total. The Bertz CT molecular complexity index is 91.5. The Kier molecular flexibility index (Phi) is 2.17. The fraction of sp³-hybridized carbons (Fsp3) is 0. The summed E-state index contributed by atoms with van der Waals surface area (Å²) in [4.78, 5) is 0. The van der Waals surface area contributed by atoms with E-state index in [1.54, 1.807) is 0 Å². The van der Waals surface area contributed by atoms with Gasteiger partial charge in [-0.25, -0.2) is 0 Å². The third-order valence-corrected chi connectivity index (χ3v) is 0.297. The molecule has 0 aliphatic rings. The van der Waals surface area contributed by atoms with Gasteiger partial charge in [-0.2, -0.15) is 0 Å². The summed E-state index contributed by atoms with van der Waals surface area (Å²) in [5, 5.41) is 2.38. The fourth-order valence-corrected chi connectivity index (χ4v) is 0.130. The number of hydrogen-bond donors (Lipinski definition) is 2. The molecular weight excluding hydrogens is 96.1 g/mol. The van der Waals surface area contributed by atoms with Crippen LogP contribution in [0.3, 0.4) is 0 Å². The molecule has 0 heterocycles. The number of hydrogen-bond acceptors (Lipinski definition) is 1. The first-order chi connectivity index (χ1) is 2.77. The lowest BCUT2D eigenvalue weighted by Crippen LogP contribution is -2.23. The number of rotatable bonds is 0. The Morgan fingerprint density at radius 2 is 2.50 bits per heavy atom. The van der Waals surface area contributed by atoms with E-state index < -0.39 is 0 Å². The minimum absolute atomic E-state index is 0.137.